The molecule has 0 spiro atoms. The average Bonchev–Trinajstić information content (AvgIpc) is 2.69. The number of nitrogens with zero attached hydrogens (tertiary/aromatic N) is 2. The topological polar surface area (TPSA) is 64.9 Å². The van der Waals surface area contributed by atoms with Crippen molar-refractivity contribution < 1.29 is 9.90 Å². The van der Waals surface area contributed by atoms with Crippen molar-refractivity contribution in [1.29, 1.82) is 0 Å². The zero-order valence-electron chi connectivity index (χ0n) is 14.3. The second kappa shape index (κ2) is 8.73. The first kappa shape index (κ1) is 18.3. The van der Waals surface area contributed by atoms with Gasteiger partial charge in [-0.15, -0.1) is 0 Å². The summed E-state index contributed by atoms with van der Waals surface area (Å²) >= 11 is 5.12. The standard InChI is InChI=1S/C21H17N3O2S/c25-21(26)23-20(27)22-19(16-10-4-1-5-11-16)24(17-12-6-2-7-13-17)18-14-8-3-9-15-18/h1-15H,(H,23,27)(H,25,26)/b22-19-. The Labute approximate surface area is 162 Å². The third-order valence-corrected chi connectivity index (χ3v) is 3.89. The number of nitrogens with one attached hydrogen (secondary N) is 1. The summed E-state index contributed by atoms with van der Waals surface area (Å²) in [6.07, 6.45) is -1.25. The van der Waals surface area contributed by atoms with Crippen LogP contribution in [0.25, 0.3) is 0 Å². The fourth-order valence-electron chi connectivity index (χ4n) is 2.59. The zero-order valence-corrected chi connectivity index (χ0v) is 15.1. The van der Waals surface area contributed by atoms with Gasteiger partial charge < -0.3 is 5.11 Å². The van der Waals surface area contributed by atoms with Crippen LogP contribution < -0.4 is 10.2 Å². The van der Waals surface area contributed by atoms with E-state index in [1.54, 1.807) is 0 Å². The van der Waals surface area contributed by atoms with Crippen LogP contribution in [0, 0.1) is 0 Å². The van der Waals surface area contributed by atoms with Crippen molar-refractivity contribution in [2.75, 3.05) is 4.90 Å². The Kier molecular flexibility index (Phi) is 5.91. The highest BCUT2D eigenvalue weighted by molar-refractivity contribution is 7.80. The third-order valence-electron chi connectivity index (χ3n) is 3.69. The largest absolute Gasteiger partial charge is 0.465 e. The van der Waals surface area contributed by atoms with E-state index in [4.69, 9.17) is 17.3 Å². The number of anilines is 2. The van der Waals surface area contributed by atoms with E-state index in [1.807, 2.05) is 95.9 Å². The Balaban J connectivity index is 2.18. The number of benzene rings is 3. The predicted molar refractivity (Wildman–Crippen MR) is 112 cm³/mol. The van der Waals surface area contributed by atoms with E-state index in [1.165, 1.54) is 0 Å². The van der Waals surface area contributed by atoms with Gasteiger partial charge in [0.2, 0.25) is 5.11 Å². The molecule has 3 aromatic rings. The lowest BCUT2D eigenvalue weighted by molar-refractivity contribution is 0.200. The summed E-state index contributed by atoms with van der Waals surface area (Å²) in [5.74, 6) is 0.520. The van der Waals surface area contributed by atoms with Gasteiger partial charge in [0, 0.05) is 16.9 Å². The minimum atomic E-state index is -1.25. The molecule has 0 bridgehead atoms. The third kappa shape index (κ3) is 4.77. The van der Waals surface area contributed by atoms with Crippen LogP contribution in [-0.4, -0.2) is 22.1 Å². The fourth-order valence-corrected chi connectivity index (χ4v) is 2.77. The molecule has 0 radical (unpaired) electrons. The van der Waals surface area contributed by atoms with E-state index < -0.39 is 6.09 Å². The molecule has 134 valence electrons. The first-order valence-electron chi connectivity index (χ1n) is 8.23. The number of thiocarbonyl (C=S) groups is 1. The number of hydrogen-bond donors (Lipinski definition) is 2. The van der Waals surface area contributed by atoms with E-state index in [2.05, 4.69) is 10.3 Å². The Hall–Kier alpha value is -3.51. The summed E-state index contributed by atoms with van der Waals surface area (Å²) in [5, 5.41) is 11.0. The van der Waals surface area contributed by atoms with Crippen LogP contribution in [0.2, 0.25) is 0 Å². The highest BCUT2D eigenvalue weighted by Gasteiger charge is 2.19. The molecule has 0 saturated heterocycles. The maximum absolute atomic E-state index is 11.0. The van der Waals surface area contributed by atoms with Crippen molar-refractivity contribution in [3.05, 3.63) is 96.6 Å². The number of amidine groups is 1. The molecule has 0 aromatic heterocycles. The molecule has 2 N–H and O–H groups in total. The number of aliphatic imine (C=N–C) groups is 1. The predicted octanol–water partition coefficient (Wildman–Crippen LogP) is 4.82. The molecule has 0 fully saturated rings. The molecule has 0 atom stereocenters. The van der Waals surface area contributed by atoms with E-state index in [0.29, 0.717) is 5.84 Å². The highest BCUT2D eigenvalue weighted by atomic mass is 32.1. The SMILES string of the molecule is O=C(O)NC(=S)/N=C(/c1ccccc1)N(c1ccccc1)c1ccccc1. The maximum atomic E-state index is 11.0. The summed E-state index contributed by atoms with van der Waals surface area (Å²) in [5.41, 5.74) is 2.56. The average molecular weight is 375 g/mol. The number of amides is 1. The molecule has 0 aliphatic heterocycles. The molecule has 0 aliphatic rings. The molecule has 0 saturated carbocycles. The van der Waals surface area contributed by atoms with E-state index >= 15 is 0 Å². The van der Waals surface area contributed by atoms with Crippen LogP contribution in [-0.2, 0) is 0 Å². The Bertz CT molecular complexity index is 905. The molecule has 3 aromatic carbocycles. The summed E-state index contributed by atoms with van der Waals surface area (Å²) < 4.78 is 0. The van der Waals surface area contributed by atoms with Crippen LogP contribution in [0.4, 0.5) is 16.2 Å². The molecule has 1 amide bonds. The highest BCUT2D eigenvalue weighted by Crippen LogP contribution is 2.27. The van der Waals surface area contributed by atoms with Crippen molar-refractivity contribution >= 4 is 40.6 Å². The summed E-state index contributed by atoms with van der Waals surface area (Å²) in [6.45, 7) is 0. The lowest BCUT2D eigenvalue weighted by Gasteiger charge is -2.27. The van der Waals surface area contributed by atoms with Gasteiger partial charge in [-0.25, -0.2) is 9.79 Å². The molecule has 5 nitrogen and oxygen atoms in total. The Morgan fingerprint density at radius 2 is 1.26 bits per heavy atom. The minimum Gasteiger partial charge on any atom is -0.465 e. The van der Waals surface area contributed by atoms with Crippen molar-refractivity contribution in [3.8, 4) is 0 Å². The fraction of sp³-hybridized carbons (Fsp3) is 0. The van der Waals surface area contributed by atoms with Gasteiger partial charge >= 0.3 is 6.09 Å². The summed E-state index contributed by atoms with van der Waals surface area (Å²) in [7, 11) is 0. The van der Waals surface area contributed by atoms with Gasteiger partial charge in [-0.3, -0.25) is 10.2 Å². The van der Waals surface area contributed by atoms with Gasteiger partial charge in [0.15, 0.2) is 0 Å². The van der Waals surface area contributed by atoms with Gasteiger partial charge in [-0.2, -0.15) is 0 Å². The van der Waals surface area contributed by atoms with Crippen LogP contribution in [0.15, 0.2) is 96.0 Å². The number of para-hydroxylation sites is 2. The molecule has 3 rings (SSSR count). The Morgan fingerprint density at radius 3 is 1.70 bits per heavy atom. The summed E-state index contributed by atoms with van der Waals surface area (Å²) in [6, 6.07) is 28.9. The van der Waals surface area contributed by atoms with Crippen molar-refractivity contribution in [1.82, 2.24) is 5.32 Å². The van der Waals surface area contributed by atoms with E-state index in [-0.39, 0.29) is 5.11 Å². The van der Waals surface area contributed by atoms with Crippen molar-refractivity contribution in [2.45, 2.75) is 0 Å². The number of carboxylic acid groups (broad SMARTS) is 1. The number of carbonyl (C=O) groups is 1. The van der Waals surface area contributed by atoms with Crippen molar-refractivity contribution in [3.63, 3.8) is 0 Å². The van der Waals surface area contributed by atoms with Gasteiger partial charge in [-0.05, 0) is 36.5 Å². The van der Waals surface area contributed by atoms with Crippen LogP contribution in [0.3, 0.4) is 0 Å². The number of hydrogen-bond acceptors (Lipinski definition) is 2. The lowest BCUT2D eigenvalue weighted by Crippen LogP contribution is -2.32. The number of rotatable bonds is 3. The monoisotopic (exact) mass is 375 g/mol. The zero-order chi connectivity index (χ0) is 19.1. The first-order valence-corrected chi connectivity index (χ1v) is 8.64. The van der Waals surface area contributed by atoms with Crippen LogP contribution in [0.1, 0.15) is 5.56 Å². The smallest absolute Gasteiger partial charge is 0.410 e. The molecule has 0 aliphatic carbocycles. The van der Waals surface area contributed by atoms with Gasteiger partial charge in [0.05, 0.1) is 0 Å². The normalized spacial score (nSPS) is 10.9. The molecular formula is C21H17N3O2S. The quantitative estimate of drug-likeness (QED) is 0.391. The van der Waals surface area contributed by atoms with Gasteiger partial charge in [-0.1, -0.05) is 66.7 Å². The van der Waals surface area contributed by atoms with Crippen LogP contribution >= 0.6 is 12.2 Å². The van der Waals surface area contributed by atoms with Gasteiger partial charge in [0.25, 0.3) is 0 Å². The molecule has 0 unspecified atom stereocenters. The Morgan fingerprint density at radius 1 is 0.815 bits per heavy atom. The summed E-state index contributed by atoms with van der Waals surface area (Å²) in [4.78, 5) is 17.3. The maximum Gasteiger partial charge on any atom is 0.410 e. The van der Waals surface area contributed by atoms with Gasteiger partial charge in [0.1, 0.15) is 5.84 Å². The molecule has 27 heavy (non-hydrogen) atoms. The van der Waals surface area contributed by atoms with E-state index in [0.717, 1.165) is 16.9 Å². The van der Waals surface area contributed by atoms with E-state index in [9.17, 15) is 4.79 Å². The minimum absolute atomic E-state index is 0.127. The first-order chi connectivity index (χ1) is 13.1. The molecule has 0 heterocycles. The van der Waals surface area contributed by atoms with Crippen molar-refractivity contribution in [2.24, 2.45) is 4.99 Å². The molecular weight excluding hydrogens is 358 g/mol. The lowest BCUT2D eigenvalue weighted by atomic mass is 10.1. The second-order valence-corrected chi connectivity index (χ2v) is 5.93. The van der Waals surface area contributed by atoms with Crippen LogP contribution in [0.5, 0.6) is 0 Å². The second-order valence-electron chi connectivity index (χ2n) is 5.54. The molecule has 6 heteroatoms.